The Morgan fingerprint density at radius 3 is 2.63 bits per heavy atom. The minimum absolute atomic E-state index is 0.111. The molecule has 0 saturated carbocycles. The monoisotopic (exact) mass is 279 g/mol. The standard InChI is InChI=1S/C13H17N3O2S/c1-9(15-12(19)14-2)10-3-5-11(6-4-10)16-7-8-18-13(16)17/h3-6,9H,7-8H2,1-2H3,(H2,14,15,19). The molecule has 1 fully saturated rings. The summed E-state index contributed by atoms with van der Waals surface area (Å²) >= 11 is 5.07. The molecule has 1 heterocycles. The van der Waals surface area contributed by atoms with Crippen molar-refractivity contribution in [3.63, 3.8) is 0 Å². The minimum Gasteiger partial charge on any atom is -0.447 e. The molecule has 6 heteroatoms. The first-order valence-corrected chi connectivity index (χ1v) is 6.55. The van der Waals surface area contributed by atoms with Gasteiger partial charge in [0.25, 0.3) is 0 Å². The van der Waals surface area contributed by atoms with Crippen molar-refractivity contribution in [2.75, 3.05) is 25.1 Å². The maximum absolute atomic E-state index is 11.4. The van der Waals surface area contributed by atoms with Crippen molar-refractivity contribution < 1.29 is 9.53 Å². The van der Waals surface area contributed by atoms with E-state index < -0.39 is 0 Å². The highest BCUT2D eigenvalue weighted by molar-refractivity contribution is 7.80. The lowest BCUT2D eigenvalue weighted by Crippen LogP contribution is -2.34. The number of ether oxygens (including phenoxy) is 1. The number of thiocarbonyl (C=S) groups is 1. The quantitative estimate of drug-likeness (QED) is 0.826. The van der Waals surface area contributed by atoms with Crippen LogP contribution in [0.4, 0.5) is 10.5 Å². The minimum atomic E-state index is -0.282. The van der Waals surface area contributed by atoms with E-state index in [-0.39, 0.29) is 12.1 Å². The van der Waals surface area contributed by atoms with Gasteiger partial charge in [0.1, 0.15) is 6.61 Å². The number of carbonyl (C=O) groups is 1. The van der Waals surface area contributed by atoms with Crippen LogP contribution < -0.4 is 15.5 Å². The smallest absolute Gasteiger partial charge is 0.414 e. The lowest BCUT2D eigenvalue weighted by molar-refractivity contribution is 0.181. The number of cyclic esters (lactones) is 1. The summed E-state index contributed by atoms with van der Waals surface area (Å²) in [5, 5.41) is 6.65. The number of hydrogen-bond donors (Lipinski definition) is 2. The normalized spacial score (nSPS) is 15.9. The molecule has 1 aromatic carbocycles. The molecule has 1 saturated heterocycles. The first kappa shape index (κ1) is 13.6. The topological polar surface area (TPSA) is 53.6 Å². The van der Waals surface area contributed by atoms with Gasteiger partial charge in [0.15, 0.2) is 5.11 Å². The highest BCUT2D eigenvalue weighted by atomic mass is 32.1. The van der Waals surface area contributed by atoms with Crippen LogP contribution in [0.25, 0.3) is 0 Å². The number of amides is 1. The average molecular weight is 279 g/mol. The zero-order valence-corrected chi connectivity index (χ0v) is 11.8. The largest absolute Gasteiger partial charge is 0.447 e. The first-order valence-electron chi connectivity index (χ1n) is 6.14. The Balaban J connectivity index is 2.05. The van der Waals surface area contributed by atoms with Crippen molar-refractivity contribution >= 4 is 29.1 Å². The van der Waals surface area contributed by atoms with Crippen LogP contribution in [0.3, 0.4) is 0 Å². The molecule has 1 aliphatic rings. The second kappa shape index (κ2) is 5.88. The van der Waals surface area contributed by atoms with Crippen molar-refractivity contribution in [3.8, 4) is 0 Å². The number of nitrogens with zero attached hydrogens (tertiary/aromatic N) is 1. The van der Waals surface area contributed by atoms with Gasteiger partial charge in [0.2, 0.25) is 0 Å². The van der Waals surface area contributed by atoms with E-state index in [1.165, 1.54) is 0 Å². The molecule has 19 heavy (non-hydrogen) atoms. The van der Waals surface area contributed by atoms with Crippen LogP contribution >= 0.6 is 12.2 Å². The number of benzene rings is 1. The fraction of sp³-hybridized carbons (Fsp3) is 0.385. The highest BCUT2D eigenvalue weighted by Gasteiger charge is 2.23. The van der Waals surface area contributed by atoms with E-state index >= 15 is 0 Å². The molecule has 1 aromatic rings. The first-order chi connectivity index (χ1) is 9.11. The van der Waals surface area contributed by atoms with Gasteiger partial charge in [-0.15, -0.1) is 0 Å². The molecule has 2 N–H and O–H groups in total. The SMILES string of the molecule is CNC(=S)NC(C)c1ccc(N2CCOC2=O)cc1. The molecular weight excluding hydrogens is 262 g/mol. The Morgan fingerprint density at radius 1 is 1.42 bits per heavy atom. The second-order valence-electron chi connectivity index (χ2n) is 4.30. The predicted molar refractivity (Wildman–Crippen MR) is 78.3 cm³/mol. The summed E-state index contributed by atoms with van der Waals surface area (Å²) in [6.07, 6.45) is -0.282. The van der Waals surface area contributed by atoms with Crippen LogP contribution in [0.15, 0.2) is 24.3 Å². The molecule has 5 nitrogen and oxygen atoms in total. The number of anilines is 1. The molecule has 1 aliphatic heterocycles. The molecule has 0 aliphatic carbocycles. The van der Waals surface area contributed by atoms with Gasteiger partial charge in [0.05, 0.1) is 12.6 Å². The van der Waals surface area contributed by atoms with Crippen molar-refractivity contribution in [2.24, 2.45) is 0 Å². The number of hydrogen-bond acceptors (Lipinski definition) is 3. The molecule has 0 radical (unpaired) electrons. The predicted octanol–water partition coefficient (Wildman–Crippen LogP) is 1.80. The molecule has 0 spiro atoms. The summed E-state index contributed by atoms with van der Waals surface area (Å²) in [5.41, 5.74) is 1.96. The van der Waals surface area contributed by atoms with E-state index in [1.807, 2.05) is 31.2 Å². The van der Waals surface area contributed by atoms with Crippen molar-refractivity contribution in [1.82, 2.24) is 10.6 Å². The molecule has 1 unspecified atom stereocenters. The van der Waals surface area contributed by atoms with E-state index in [9.17, 15) is 4.79 Å². The van der Waals surface area contributed by atoms with Crippen LogP contribution in [0, 0.1) is 0 Å². The zero-order valence-electron chi connectivity index (χ0n) is 11.0. The van der Waals surface area contributed by atoms with Crippen LogP contribution in [0.2, 0.25) is 0 Å². The van der Waals surface area contributed by atoms with E-state index in [1.54, 1.807) is 11.9 Å². The van der Waals surface area contributed by atoms with Crippen LogP contribution in [-0.2, 0) is 4.74 Å². The van der Waals surface area contributed by atoms with Crippen molar-refractivity contribution in [3.05, 3.63) is 29.8 Å². The van der Waals surface area contributed by atoms with E-state index in [0.717, 1.165) is 11.3 Å². The van der Waals surface area contributed by atoms with Crippen LogP contribution in [-0.4, -0.2) is 31.4 Å². The fourth-order valence-electron chi connectivity index (χ4n) is 1.92. The van der Waals surface area contributed by atoms with Gasteiger partial charge in [-0.25, -0.2) is 4.79 Å². The van der Waals surface area contributed by atoms with Gasteiger partial charge < -0.3 is 15.4 Å². The van der Waals surface area contributed by atoms with Crippen LogP contribution in [0.1, 0.15) is 18.5 Å². The Hall–Kier alpha value is -1.82. The average Bonchev–Trinajstić information content (AvgIpc) is 2.85. The summed E-state index contributed by atoms with van der Waals surface area (Å²) in [7, 11) is 1.78. The van der Waals surface area contributed by atoms with Crippen molar-refractivity contribution in [1.29, 1.82) is 0 Å². The van der Waals surface area contributed by atoms with Gasteiger partial charge in [-0.3, -0.25) is 4.90 Å². The Kier molecular flexibility index (Phi) is 4.21. The molecule has 2 rings (SSSR count). The van der Waals surface area contributed by atoms with Gasteiger partial charge in [0, 0.05) is 12.7 Å². The summed E-state index contributed by atoms with van der Waals surface area (Å²) in [6, 6.07) is 7.92. The summed E-state index contributed by atoms with van der Waals surface area (Å²) in [5.74, 6) is 0. The molecule has 1 atom stereocenters. The maximum atomic E-state index is 11.4. The molecule has 1 amide bonds. The number of nitrogens with one attached hydrogen (secondary N) is 2. The third kappa shape index (κ3) is 3.14. The number of carbonyl (C=O) groups excluding carboxylic acids is 1. The third-order valence-corrected chi connectivity index (χ3v) is 3.36. The van der Waals surface area contributed by atoms with Gasteiger partial charge in [-0.05, 0) is 36.8 Å². The van der Waals surface area contributed by atoms with Gasteiger partial charge in [-0.1, -0.05) is 12.1 Å². The van der Waals surface area contributed by atoms with Gasteiger partial charge >= 0.3 is 6.09 Å². The van der Waals surface area contributed by atoms with Crippen molar-refractivity contribution in [2.45, 2.75) is 13.0 Å². The maximum Gasteiger partial charge on any atom is 0.414 e. The lowest BCUT2D eigenvalue weighted by atomic mass is 10.1. The number of rotatable bonds is 3. The third-order valence-electron chi connectivity index (χ3n) is 3.04. The molecule has 0 bridgehead atoms. The fourth-order valence-corrected chi connectivity index (χ4v) is 2.10. The molecule has 0 aromatic heterocycles. The van der Waals surface area contributed by atoms with E-state index in [0.29, 0.717) is 18.3 Å². The summed E-state index contributed by atoms with van der Waals surface area (Å²) in [4.78, 5) is 13.1. The summed E-state index contributed by atoms with van der Waals surface area (Å²) in [6.45, 7) is 3.09. The summed E-state index contributed by atoms with van der Waals surface area (Å²) < 4.78 is 4.91. The lowest BCUT2D eigenvalue weighted by Gasteiger charge is -2.18. The Labute approximate surface area is 117 Å². The van der Waals surface area contributed by atoms with Crippen LogP contribution in [0.5, 0.6) is 0 Å². The molecular formula is C13H17N3O2S. The van der Waals surface area contributed by atoms with E-state index in [2.05, 4.69) is 10.6 Å². The Bertz CT molecular complexity index is 475. The molecule has 102 valence electrons. The highest BCUT2D eigenvalue weighted by Crippen LogP contribution is 2.21. The van der Waals surface area contributed by atoms with E-state index in [4.69, 9.17) is 17.0 Å². The van der Waals surface area contributed by atoms with Gasteiger partial charge in [-0.2, -0.15) is 0 Å². The second-order valence-corrected chi connectivity index (χ2v) is 4.71. The zero-order chi connectivity index (χ0) is 13.8. The Morgan fingerprint density at radius 2 is 2.11 bits per heavy atom.